The highest BCUT2D eigenvalue weighted by Gasteiger charge is 2.07. The van der Waals surface area contributed by atoms with Gasteiger partial charge < -0.3 is 10.6 Å². The lowest BCUT2D eigenvalue weighted by atomic mass is 10.6. The van der Waals surface area contributed by atoms with Gasteiger partial charge in [-0.15, -0.1) is 0 Å². The van der Waals surface area contributed by atoms with Crippen LogP contribution >= 0.6 is 23.2 Å². The fourth-order valence-electron chi connectivity index (χ4n) is 1.06. The zero-order chi connectivity index (χ0) is 9.97. The Bertz CT molecular complexity index is 358. The van der Waals surface area contributed by atoms with Crippen molar-refractivity contribution in [1.29, 1.82) is 0 Å². The Hall–Kier alpha value is -1.07. The third kappa shape index (κ3) is 2.24. The molecule has 1 aliphatic heterocycles. The number of anilines is 1. The van der Waals surface area contributed by atoms with Gasteiger partial charge in [0.1, 0.15) is 11.0 Å². The van der Waals surface area contributed by atoms with Crippen molar-refractivity contribution in [1.82, 2.24) is 15.3 Å². The Morgan fingerprint density at radius 3 is 2.86 bits per heavy atom. The van der Waals surface area contributed by atoms with Crippen molar-refractivity contribution >= 4 is 35.0 Å². The molecule has 0 radical (unpaired) electrons. The lowest BCUT2D eigenvalue weighted by Crippen LogP contribution is -2.26. The molecule has 2 rings (SSSR count). The first-order chi connectivity index (χ1) is 6.74. The van der Waals surface area contributed by atoms with Gasteiger partial charge in [-0.1, -0.05) is 11.6 Å². The lowest BCUT2D eigenvalue weighted by molar-refractivity contribution is 0.958. The predicted molar refractivity (Wildman–Crippen MR) is 56.0 cm³/mol. The molecule has 0 fully saturated rings. The van der Waals surface area contributed by atoms with Crippen molar-refractivity contribution in [2.45, 2.75) is 0 Å². The van der Waals surface area contributed by atoms with Crippen LogP contribution in [0.2, 0.25) is 10.4 Å². The topological polar surface area (TPSA) is 62.2 Å². The number of rotatable bonds is 1. The number of halogens is 2. The highest BCUT2D eigenvalue weighted by atomic mass is 35.5. The maximum absolute atomic E-state index is 5.70. The zero-order valence-corrected chi connectivity index (χ0v) is 8.60. The van der Waals surface area contributed by atoms with Gasteiger partial charge in [0.05, 0.1) is 6.54 Å². The van der Waals surface area contributed by atoms with Gasteiger partial charge in [0, 0.05) is 12.6 Å². The summed E-state index contributed by atoms with van der Waals surface area (Å²) in [5.74, 6) is 1.21. The summed E-state index contributed by atoms with van der Waals surface area (Å²) in [6.45, 7) is 1.59. The molecule has 5 nitrogen and oxygen atoms in total. The van der Waals surface area contributed by atoms with E-state index in [4.69, 9.17) is 23.2 Å². The minimum Gasteiger partial charge on any atom is -0.354 e. The molecule has 0 aliphatic carbocycles. The quantitative estimate of drug-likeness (QED) is 0.563. The maximum atomic E-state index is 5.70. The van der Waals surface area contributed by atoms with Crippen LogP contribution in [0.1, 0.15) is 0 Å². The molecule has 2 N–H and O–H groups in total. The third-order valence-corrected chi connectivity index (χ3v) is 1.95. The van der Waals surface area contributed by atoms with E-state index in [2.05, 4.69) is 25.6 Å². The van der Waals surface area contributed by atoms with Crippen molar-refractivity contribution in [3.63, 3.8) is 0 Å². The van der Waals surface area contributed by atoms with Crippen LogP contribution in [0.5, 0.6) is 0 Å². The highest BCUT2D eigenvalue weighted by Crippen LogP contribution is 2.14. The average molecular weight is 232 g/mol. The molecule has 0 spiro atoms. The minimum absolute atomic E-state index is 0.110. The molecular formula is C7H7Cl2N5. The standard InChI is InChI=1S/C7H7Cl2N5/c8-4-3-5(13-6(9)12-4)14-7-10-1-2-11-7/h3H,1-2H2,(H2,10,11,12,13,14). The minimum atomic E-state index is 0.110. The third-order valence-electron chi connectivity index (χ3n) is 1.59. The molecule has 0 aromatic carbocycles. The van der Waals surface area contributed by atoms with Crippen molar-refractivity contribution < 1.29 is 0 Å². The van der Waals surface area contributed by atoms with E-state index < -0.39 is 0 Å². The van der Waals surface area contributed by atoms with E-state index in [1.165, 1.54) is 0 Å². The van der Waals surface area contributed by atoms with Crippen LogP contribution in [-0.2, 0) is 0 Å². The number of aliphatic imine (C=N–C) groups is 1. The predicted octanol–water partition coefficient (Wildman–Crippen LogP) is 1.15. The van der Waals surface area contributed by atoms with E-state index in [0.29, 0.717) is 16.9 Å². The number of hydrogen-bond donors (Lipinski definition) is 2. The normalized spacial score (nSPS) is 14.9. The Labute approximate surface area is 90.6 Å². The van der Waals surface area contributed by atoms with Crippen molar-refractivity contribution in [3.8, 4) is 0 Å². The summed E-state index contributed by atoms with van der Waals surface area (Å²) in [4.78, 5) is 11.8. The molecule has 0 saturated heterocycles. The highest BCUT2D eigenvalue weighted by molar-refractivity contribution is 6.32. The van der Waals surface area contributed by atoms with Crippen molar-refractivity contribution in [2.24, 2.45) is 4.99 Å². The number of hydrogen-bond acceptors (Lipinski definition) is 5. The lowest BCUT2D eigenvalue weighted by Gasteiger charge is -2.05. The first-order valence-corrected chi connectivity index (χ1v) is 4.75. The molecule has 1 aromatic rings. The molecule has 74 valence electrons. The Morgan fingerprint density at radius 1 is 1.36 bits per heavy atom. The molecule has 1 aliphatic rings. The van der Waals surface area contributed by atoms with Crippen LogP contribution in [0.4, 0.5) is 5.82 Å². The summed E-state index contributed by atoms with van der Waals surface area (Å²) in [7, 11) is 0. The summed E-state index contributed by atoms with van der Waals surface area (Å²) in [6, 6.07) is 1.58. The van der Waals surface area contributed by atoms with E-state index in [1.54, 1.807) is 6.07 Å². The first kappa shape index (κ1) is 9.48. The van der Waals surface area contributed by atoms with Crippen LogP contribution in [-0.4, -0.2) is 29.0 Å². The zero-order valence-electron chi connectivity index (χ0n) is 7.09. The summed E-state index contributed by atoms with van der Waals surface area (Å²) < 4.78 is 0. The van der Waals surface area contributed by atoms with Gasteiger partial charge >= 0.3 is 0 Å². The van der Waals surface area contributed by atoms with Gasteiger partial charge in [0.25, 0.3) is 0 Å². The summed E-state index contributed by atoms with van der Waals surface area (Å²) in [5.41, 5.74) is 0. The molecule has 0 amide bonds. The summed E-state index contributed by atoms with van der Waals surface area (Å²) in [6.07, 6.45) is 0. The van der Waals surface area contributed by atoms with E-state index in [9.17, 15) is 0 Å². The molecule has 0 atom stereocenters. The summed E-state index contributed by atoms with van der Waals surface area (Å²) >= 11 is 11.3. The van der Waals surface area contributed by atoms with Crippen LogP contribution in [0.3, 0.4) is 0 Å². The van der Waals surface area contributed by atoms with Crippen LogP contribution < -0.4 is 10.6 Å². The van der Waals surface area contributed by atoms with E-state index >= 15 is 0 Å². The van der Waals surface area contributed by atoms with Crippen LogP contribution in [0, 0.1) is 0 Å². The Balaban J connectivity index is 2.15. The molecule has 0 unspecified atom stereocenters. The largest absolute Gasteiger partial charge is 0.354 e. The van der Waals surface area contributed by atoms with Gasteiger partial charge in [-0.05, 0) is 11.6 Å². The Morgan fingerprint density at radius 2 is 2.21 bits per heavy atom. The SMILES string of the molecule is Clc1cc(NC2=NCCN2)nc(Cl)n1. The van der Waals surface area contributed by atoms with Gasteiger partial charge in [0.15, 0.2) is 5.96 Å². The van der Waals surface area contributed by atoms with E-state index in [1.807, 2.05) is 0 Å². The molecular weight excluding hydrogens is 225 g/mol. The monoisotopic (exact) mass is 231 g/mol. The second-order valence-corrected chi connectivity index (χ2v) is 3.35. The van der Waals surface area contributed by atoms with Crippen molar-refractivity contribution in [2.75, 3.05) is 18.4 Å². The van der Waals surface area contributed by atoms with Gasteiger partial charge in [0.2, 0.25) is 5.28 Å². The maximum Gasteiger partial charge on any atom is 0.225 e. The number of nitrogens with one attached hydrogen (secondary N) is 2. The van der Waals surface area contributed by atoms with Gasteiger partial charge in [-0.2, -0.15) is 0 Å². The van der Waals surface area contributed by atoms with Crippen molar-refractivity contribution in [3.05, 3.63) is 16.5 Å². The van der Waals surface area contributed by atoms with Gasteiger partial charge in [-0.3, -0.25) is 4.99 Å². The first-order valence-electron chi connectivity index (χ1n) is 3.99. The fourth-order valence-corrected chi connectivity index (χ4v) is 1.47. The van der Waals surface area contributed by atoms with E-state index in [-0.39, 0.29) is 5.28 Å². The van der Waals surface area contributed by atoms with Crippen LogP contribution in [0.15, 0.2) is 11.1 Å². The molecule has 1 aromatic heterocycles. The average Bonchev–Trinajstić information content (AvgIpc) is 2.54. The molecule has 7 heteroatoms. The summed E-state index contributed by atoms with van der Waals surface area (Å²) in [5, 5.41) is 6.38. The fraction of sp³-hybridized carbons (Fsp3) is 0.286. The molecule has 0 bridgehead atoms. The molecule has 2 heterocycles. The number of aromatic nitrogens is 2. The van der Waals surface area contributed by atoms with Crippen LogP contribution in [0.25, 0.3) is 0 Å². The Kier molecular flexibility index (Phi) is 2.69. The number of guanidine groups is 1. The molecule has 0 saturated carbocycles. The number of nitrogens with zero attached hydrogens (tertiary/aromatic N) is 3. The molecule has 14 heavy (non-hydrogen) atoms. The van der Waals surface area contributed by atoms with E-state index in [0.717, 1.165) is 13.1 Å². The second kappa shape index (κ2) is 3.98. The second-order valence-electron chi connectivity index (χ2n) is 2.63. The van der Waals surface area contributed by atoms with Gasteiger partial charge in [-0.25, -0.2) is 9.97 Å². The smallest absolute Gasteiger partial charge is 0.225 e.